The average molecular weight is 683 g/mol. The Morgan fingerprint density at radius 1 is 0.870 bits per heavy atom. The minimum atomic E-state index is -4.29. The van der Waals surface area contributed by atoms with Gasteiger partial charge in [-0.2, -0.15) is 0 Å². The number of hydrogen-bond acceptors (Lipinski definition) is 5. The fourth-order valence-electron chi connectivity index (χ4n) is 4.82. The number of anilines is 1. The van der Waals surface area contributed by atoms with Crippen molar-refractivity contribution < 1.29 is 22.7 Å². The zero-order valence-electron chi connectivity index (χ0n) is 25.9. The molecule has 0 bridgehead atoms. The van der Waals surface area contributed by atoms with Crippen LogP contribution in [0.2, 0.25) is 10.0 Å². The Morgan fingerprint density at radius 3 is 2.17 bits per heavy atom. The molecule has 0 radical (unpaired) electrons. The van der Waals surface area contributed by atoms with Crippen LogP contribution in [-0.4, -0.2) is 51.4 Å². The predicted molar refractivity (Wildman–Crippen MR) is 183 cm³/mol. The highest BCUT2D eigenvalue weighted by molar-refractivity contribution is 7.92. The normalized spacial score (nSPS) is 12.0. The van der Waals surface area contributed by atoms with Gasteiger partial charge in [0, 0.05) is 29.6 Å². The van der Waals surface area contributed by atoms with E-state index in [0.29, 0.717) is 27.9 Å². The molecule has 4 rings (SSSR count). The second kappa shape index (κ2) is 16.0. The van der Waals surface area contributed by atoms with Crippen LogP contribution in [-0.2, 0) is 32.6 Å². The maximum Gasteiger partial charge on any atom is 0.264 e. The minimum Gasteiger partial charge on any atom is -0.497 e. The number of halogens is 2. The molecule has 0 aliphatic rings. The van der Waals surface area contributed by atoms with E-state index >= 15 is 0 Å². The average Bonchev–Trinajstić information content (AvgIpc) is 3.05. The number of benzene rings is 4. The molecule has 4 aromatic carbocycles. The van der Waals surface area contributed by atoms with Gasteiger partial charge >= 0.3 is 0 Å². The lowest BCUT2D eigenvalue weighted by molar-refractivity contribution is -0.140. The highest BCUT2D eigenvalue weighted by Crippen LogP contribution is 2.28. The Kier molecular flexibility index (Phi) is 12.1. The fourth-order valence-corrected chi connectivity index (χ4v) is 6.61. The zero-order valence-corrected chi connectivity index (χ0v) is 28.2. The monoisotopic (exact) mass is 681 g/mol. The minimum absolute atomic E-state index is 0.0307. The predicted octanol–water partition coefficient (Wildman–Crippen LogP) is 6.61. The summed E-state index contributed by atoms with van der Waals surface area (Å²) >= 11 is 12.8. The van der Waals surface area contributed by atoms with Crippen molar-refractivity contribution in [3.63, 3.8) is 0 Å². The summed E-state index contributed by atoms with van der Waals surface area (Å²) in [5, 5.41) is 3.68. The lowest BCUT2D eigenvalue weighted by Crippen LogP contribution is -2.53. The highest BCUT2D eigenvalue weighted by Gasteiger charge is 2.35. The number of rotatable bonds is 14. The van der Waals surface area contributed by atoms with E-state index in [-0.39, 0.29) is 35.4 Å². The number of ether oxygens (including phenoxy) is 1. The van der Waals surface area contributed by atoms with Crippen LogP contribution in [0.3, 0.4) is 0 Å². The van der Waals surface area contributed by atoms with Crippen LogP contribution in [0.15, 0.2) is 108 Å². The van der Waals surface area contributed by atoms with Crippen molar-refractivity contribution >= 4 is 50.7 Å². The molecule has 0 saturated carbocycles. The molecular formula is C35H37Cl2N3O5S. The SMILES string of the molecule is COc1ccc(S(=O)(=O)N(CC(=O)N(Cc2ccccc2Cl)[C@@H](Cc2ccccc2)C(=O)NCC(C)C)c2cccc(Cl)c2)cc1. The van der Waals surface area contributed by atoms with Crippen molar-refractivity contribution in [2.24, 2.45) is 5.92 Å². The van der Waals surface area contributed by atoms with E-state index < -0.39 is 28.5 Å². The van der Waals surface area contributed by atoms with Crippen molar-refractivity contribution in [1.82, 2.24) is 10.2 Å². The molecule has 8 nitrogen and oxygen atoms in total. The number of carbonyl (C=O) groups excluding carboxylic acids is 2. The smallest absolute Gasteiger partial charge is 0.264 e. The van der Waals surface area contributed by atoms with Gasteiger partial charge in [-0.1, -0.05) is 91.6 Å². The van der Waals surface area contributed by atoms with Gasteiger partial charge in [0.2, 0.25) is 11.8 Å². The molecule has 2 amide bonds. The van der Waals surface area contributed by atoms with Gasteiger partial charge in [-0.05, 0) is 65.6 Å². The maximum atomic E-state index is 14.5. The third-order valence-electron chi connectivity index (χ3n) is 7.28. The maximum absolute atomic E-state index is 14.5. The van der Waals surface area contributed by atoms with Gasteiger partial charge in [0.05, 0.1) is 17.7 Å². The molecule has 0 spiro atoms. The van der Waals surface area contributed by atoms with Gasteiger partial charge in [-0.15, -0.1) is 0 Å². The first-order valence-corrected chi connectivity index (χ1v) is 17.0. The van der Waals surface area contributed by atoms with Crippen LogP contribution in [0.1, 0.15) is 25.0 Å². The van der Waals surface area contributed by atoms with Crippen LogP contribution in [0.5, 0.6) is 5.75 Å². The van der Waals surface area contributed by atoms with Crippen molar-refractivity contribution in [2.75, 3.05) is 24.5 Å². The van der Waals surface area contributed by atoms with Crippen LogP contribution in [0, 0.1) is 5.92 Å². The summed E-state index contributed by atoms with van der Waals surface area (Å²) in [7, 11) is -2.80. The first kappa shape index (κ1) is 34.8. The third-order valence-corrected chi connectivity index (χ3v) is 9.67. The number of hydrogen-bond donors (Lipinski definition) is 1. The van der Waals surface area contributed by atoms with E-state index in [2.05, 4.69) is 5.32 Å². The van der Waals surface area contributed by atoms with E-state index in [1.165, 1.54) is 42.3 Å². The lowest BCUT2D eigenvalue weighted by atomic mass is 10.0. The number of amides is 2. The summed E-state index contributed by atoms with van der Waals surface area (Å²) in [6, 6.07) is 27.6. The number of nitrogens with zero attached hydrogens (tertiary/aromatic N) is 2. The molecule has 0 aliphatic heterocycles. The van der Waals surface area contributed by atoms with E-state index in [1.807, 2.05) is 44.2 Å². The Labute approximate surface area is 280 Å². The van der Waals surface area contributed by atoms with Gasteiger partial charge in [0.1, 0.15) is 18.3 Å². The standard InChI is InChI=1S/C35H37Cl2N3O5S/c1-25(2)22-38-35(42)33(20-26-10-5-4-6-11-26)39(23-27-12-7-8-15-32(27)37)34(41)24-40(29-14-9-13-28(36)21-29)46(43,44)31-18-16-30(45-3)17-19-31/h4-19,21,25,33H,20,22-24H2,1-3H3,(H,38,42)/t33-/m0/s1. The number of carbonyl (C=O) groups is 2. The summed E-state index contributed by atoms with van der Waals surface area (Å²) in [5.41, 5.74) is 1.64. The first-order valence-electron chi connectivity index (χ1n) is 14.8. The molecule has 0 heterocycles. The Balaban J connectivity index is 1.81. The molecule has 46 heavy (non-hydrogen) atoms. The molecule has 0 unspecified atom stereocenters. The number of sulfonamides is 1. The molecule has 1 atom stereocenters. The van der Waals surface area contributed by atoms with Gasteiger partial charge in [0.25, 0.3) is 10.0 Å². The Bertz CT molecular complexity index is 1730. The Morgan fingerprint density at radius 2 is 1.54 bits per heavy atom. The Hall–Kier alpha value is -4.05. The van der Waals surface area contributed by atoms with Gasteiger partial charge in [-0.3, -0.25) is 13.9 Å². The van der Waals surface area contributed by atoms with Crippen LogP contribution >= 0.6 is 23.2 Å². The van der Waals surface area contributed by atoms with Gasteiger partial charge in [0.15, 0.2) is 0 Å². The fraction of sp³-hybridized carbons (Fsp3) is 0.257. The quantitative estimate of drug-likeness (QED) is 0.162. The summed E-state index contributed by atoms with van der Waals surface area (Å²) < 4.78 is 34.5. The molecule has 0 aliphatic carbocycles. The zero-order chi connectivity index (χ0) is 33.3. The summed E-state index contributed by atoms with van der Waals surface area (Å²) in [5.74, 6) is -0.309. The second-order valence-corrected chi connectivity index (χ2v) is 13.8. The topological polar surface area (TPSA) is 96.0 Å². The molecule has 0 aromatic heterocycles. The third kappa shape index (κ3) is 9.02. The van der Waals surface area contributed by atoms with Crippen LogP contribution in [0.4, 0.5) is 5.69 Å². The molecule has 0 fully saturated rings. The molecule has 4 aromatic rings. The number of nitrogens with one attached hydrogen (secondary N) is 1. The van der Waals surface area contributed by atoms with E-state index in [9.17, 15) is 18.0 Å². The summed E-state index contributed by atoms with van der Waals surface area (Å²) in [6.07, 6.45) is 0.198. The van der Waals surface area contributed by atoms with Gasteiger partial charge < -0.3 is 15.0 Å². The van der Waals surface area contributed by atoms with E-state index in [1.54, 1.807) is 42.5 Å². The highest BCUT2D eigenvalue weighted by atomic mass is 35.5. The van der Waals surface area contributed by atoms with Crippen molar-refractivity contribution in [1.29, 1.82) is 0 Å². The van der Waals surface area contributed by atoms with Crippen molar-refractivity contribution in [2.45, 2.75) is 37.8 Å². The van der Waals surface area contributed by atoms with Crippen LogP contribution in [0.25, 0.3) is 0 Å². The molecule has 1 N–H and O–H groups in total. The molecule has 0 saturated heterocycles. The number of methoxy groups -OCH3 is 1. The second-order valence-electron chi connectivity index (χ2n) is 11.1. The molecular weight excluding hydrogens is 645 g/mol. The van der Waals surface area contributed by atoms with Gasteiger partial charge in [-0.25, -0.2) is 8.42 Å². The molecule has 242 valence electrons. The summed E-state index contributed by atoms with van der Waals surface area (Å²) in [4.78, 5) is 29.7. The largest absolute Gasteiger partial charge is 0.497 e. The summed E-state index contributed by atoms with van der Waals surface area (Å²) in [6.45, 7) is 3.72. The van der Waals surface area contributed by atoms with Crippen molar-refractivity contribution in [3.05, 3.63) is 124 Å². The molecule has 11 heteroatoms. The van der Waals surface area contributed by atoms with E-state index in [0.717, 1.165) is 9.87 Å². The van der Waals surface area contributed by atoms with E-state index in [4.69, 9.17) is 27.9 Å². The van der Waals surface area contributed by atoms with Crippen LogP contribution < -0.4 is 14.4 Å². The first-order chi connectivity index (χ1) is 22.0. The lowest BCUT2D eigenvalue weighted by Gasteiger charge is -2.34. The van der Waals surface area contributed by atoms with Crippen molar-refractivity contribution in [3.8, 4) is 5.75 Å².